The van der Waals surface area contributed by atoms with E-state index in [1.54, 1.807) is 19.5 Å². The molecule has 1 aliphatic heterocycles. The second kappa shape index (κ2) is 7.51. The molecule has 3 aromatic rings. The molecule has 2 aromatic carbocycles. The van der Waals surface area contributed by atoms with Crippen LogP contribution in [0.4, 0.5) is 5.95 Å². The summed E-state index contributed by atoms with van der Waals surface area (Å²) in [5.41, 5.74) is 8.39. The lowest BCUT2D eigenvalue weighted by Gasteiger charge is -2.11. The van der Waals surface area contributed by atoms with Crippen LogP contribution in [0.25, 0.3) is 0 Å². The summed E-state index contributed by atoms with van der Waals surface area (Å²) in [7, 11) is 1.63. The highest BCUT2D eigenvalue weighted by Crippen LogP contribution is 2.35. The highest BCUT2D eigenvalue weighted by molar-refractivity contribution is 5.80. The van der Waals surface area contributed by atoms with Gasteiger partial charge in [-0.05, 0) is 42.8 Å². The summed E-state index contributed by atoms with van der Waals surface area (Å²) in [5.74, 6) is 3.16. The molecule has 4 rings (SSSR count). The number of hydrogen-bond donors (Lipinski definition) is 1. The molecule has 1 aliphatic rings. The van der Waals surface area contributed by atoms with E-state index < -0.39 is 0 Å². The monoisotopic (exact) mass is 380 g/mol. The lowest BCUT2D eigenvalue weighted by atomic mass is 10.1. The maximum Gasteiger partial charge on any atom is 0.231 e. The summed E-state index contributed by atoms with van der Waals surface area (Å²) in [6.45, 7) is 2.42. The Balaban J connectivity index is 1.51. The van der Waals surface area contributed by atoms with Gasteiger partial charge in [0, 0.05) is 11.6 Å². The highest BCUT2D eigenvalue weighted by Gasteiger charge is 2.14. The van der Waals surface area contributed by atoms with Crippen LogP contribution in [0.3, 0.4) is 0 Å². The minimum atomic E-state index is 0.231. The van der Waals surface area contributed by atoms with Crippen LogP contribution < -0.4 is 24.7 Å². The van der Waals surface area contributed by atoms with Gasteiger partial charge in [0.15, 0.2) is 11.5 Å². The maximum atomic E-state index is 5.90. The predicted molar refractivity (Wildman–Crippen MR) is 104 cm³/mol. The molecule has 8 heteroatoms. The fourth-order valence-corrected chi connectivity index (χ4v) is 2.84. The Hall–Kier alpha value is -3.68. The van der Waals surface area contributed by atoms with Crippen molar-refractivity contribution in [2.75, 3.05) is 19.6 Å². The zero-order chi connectivity index (χ0) is 19.5. The van der Waals surface area contributed by atoms with E-state index >= 15 is 0 Å². The smallest absolute Gasteiger partial charge is 0.231 e. The van der Waals surface area contributed by atoms with Crippen LogP contribution in [0.5, 0.6) is 23.0 Å². The molecule has 0 unspecified atom stereocenters. The number of ether oxygens (including phenoxy) is 4. The van der Waals surface area contributed by atoms with Gasteiger partial charge in [-0.15, -0.1) is 0 Å². The summed E-state index contributed by atoms with van der Waals surface area (Å²) in [6.07, 6.45) is 3.47. The van der Waals surface area contributed by atoms with Crippen LogP contribution in [0.2, 0.25) is 0 Å². The van der Waals surface area contributed by atoms with Crippen LogP contribution in [-0.2, 0) is 6.61 Å². The van der Waals surface area contributed by atoms with Gasteiger partial charge in [0.25, 0.3) is 0 Å². The number of benzene rings is 2. The Kier molecular flexibility index (Phi) is 4.76. The molecule has 0 atom stereocenters. The van der Waals surface area contributed by atoms with E-state index in [0.717, 1.165) is 28.3 Å². The Morgan fingerprint density at radius 2 is 2.07 bits per heavy atom. The summed E-state index contributed by atoms with van der Waals surface area (Å²) >= 11 is 0. The second-order valence-corrected chi connectivity index (χ2v) is 6.20. The first kappa shape index (κ1) is 17.7. The Labute approximate surface area is 162 Å². The summed E-state index contributed by atoms with van der Waals surface area (Å²) in [5, 5.41) is 4.34. The topological polar surface area (TPSA) is 93.1 Å². The van der Waals surface area contributed by atoms with Gasteiger partial charge in [0.2, 0.25) is 12.7 Å². The van der Waals surface area contributed by atoms with E-state index in [0.29, 0.717) is 24.1 Å². The fourth-order valence-electron chi connectivity index (χ4n) is 2.84. The molecule has 0 saturated carbocycles. The van der Waals surface area contributed by atoms with E-state index in [1.807, 2.05) is 43.3 Å². The quantitative estimate of drug-likeness (QED) is 0.661. The summed E-state index contributed by atoms with van der Waals surface area (Å²) < 4.78 is 23.6. The SMILES string of the molecule is COc1ccc(C=Nn2cc(C)nc2N)cc1COc1ccc2c(c1)OCO2. The maximum absolute atomic E-state index is 5.90. The van der Waals surface area contributed by atoms with Crippen LogP contribution in [0, 0.1) is 6.92 Å². The third kappa shape index (κ3) is 3.71. The van der Waals surface area contributed by atoms with Crippen molar-refractivity contribution in [2.24, 2.45) is 5.10 Å². The van der Waals surface area contributed by atoms with Crippen LogP contribution in [-0.4, -0.2) is 29.8 Å². The number of anilines is 1. The van der Waals surface area contributed by atoms with Crippen LogP contribution in [0.1, 0.15) is 16.8 Å². The minimum Gasteiger partial charge on any atom is -0.496 e. The number of hydrogen-bond acceptors (Lipinski definition) is 7. The molecule has 0 spiro atoms. The number of methoxy groups -OCH3 is 1. The van der Waals surface area contributed by atoms with Crippen molar-refractivity contribution in [1.29, 1.82) is 0 Å². The van der Waals surface area contributed by atoms with Gasteiger partial charge >= 0.3 is 0 Å². The van der Waals surface area contributed by atoms with Crippen LogP contribution >= 0.6 is 0 Å². The minimum absolute atomic E-state index is 0.231. The predicted octanol–water partition coefficient (Wildman–Crippen LogP) is 2.97. The van der Waals surface area contributed by atoms with E-state index in [9.17, 15) is 0 Å². The van der Waals surface area contributed by atoms with Gasteiger partial charge in [-0.2, -0.15) is 5.10 Å². The zero-order valence-corrected chi connectivity index (χ0v) is 15.6. The normalized spacial score (nSPS) is 12.5. The molecule has 0 aliphatic carbocycles. The van der Waals surface area contributed by atoms with Crippen molar-refractivity contribution in [2.45, 2.75) is 13.5 Å². The lowest BCUT2D eigenvalue weighted by molar-refractivity contribution is 0.173. The molecule has 0 amide bonds. The first-order valence-electron chi connectivity index (χ1n) is 8.67. The van der Waals surface area contributed by atoms with Gasteiger partial charge in [0.05, 0.1) is 25.2 Å². The molecule has 2 heterocycles. The molecule has 0 fully saturated rings. The standard InChI is InChI=1S/C20H20N4O4/c1-13-10-24(20(21)23-13)22-9-14-3-5-17(25-2)15(7-14)11-26-16-4-6-18-19(8-16)28-12-27-18/h3-10H,11-12H2,1-2H3,(H2,21,23). The molecule has 8 nitrogen and oxygen atoms in total. The Bertz CT molecular complexity index is 1030. The molecule has 0 bridgehead atoms. The molecule has 0 radical (unpaired) electrons. The molecular formula is C20H20N4O4. The van der Waals surface area contributed by atoms with Crippen molar-refractivity contribution in [3.8, 4) is 23.0 Å². The van der Waals surface area contributed by atoms with Gasteiger partial charge in [-0.25, -0.2) is 9.66 Å². The van der Waals surface area contributed by atoms with Crippen molar-refractivity contribution < 1.29 is 18.9 Å². The molecule has 144 valence electrons. The summed E-state index contributed by atoms with van der Waals surface area (Å²) in [6, 6.07) is 11.2. The number of aryl methyl sites for hydroxylation is 1. The van der Waals surface area contributed by atoms with Crippen molar-refractivity contribution in [1.82, 2.24) is 9.66 Å². The van der Waals surface area contributed by atoms with Crippen molar-refractivity contribution >= 4 is 12.2 Å². The molecule has 0 saturated heterocycles. The number of nitrogen functional groups attached to an aromatic ring is 1. The van der Waals surface area contributed by atoms with Gasteiger partial charge in [-0.1, -0.05) is 0 Å². The summed E-state index contributed by atoms with van der Waals surface area (Å²) in [4.78, 5) is 4.12. The first-order chi connectivity index (χ1) is 13.6. The first-order valence-corrected chi connectivity index (χ1v) is 8.67. The van der Waals surface area contributed by atoms with Gasteiger partial charge in [0.1, 0.15) is 18.1 Å². The van der Waals surface area contributed by atoms with Crippen LogP contribution in [0.15, 0.2) is 47.7 Å². The average molecular weight is 380 g/mol. The van der Waals surface area contributed by atoms with E-state index in [4.69, 9.17) is 24.7 Å². The zero-order valence-electron chi connectivity index (χ0n) is 15.6. The third-order valence-corrected chi connectivity index (χ3v) is 4.21. The molecule has 1 aromatic heterocycles. The number of fused-ring (bicyclic) bond motifs is 1. The highest BCUT2D eigenvalue weighted by atomic mass is 16.7. The second-order valence-electron chi connectivity index (χ2n) is 6.20. The Morgan fingerprint density at radius 3 is 2.86 bits per heavy atom. The van der Waals surface area contributed by atoms with Gasteiger partial charge in [-0.3, -0.25) is 0 Å². The van der Waals surface area contributed by atoms with E-state index in [1.165, 1.54) is 4.68 Å². The lowest BCUT2D eigenvalue weighted by Crippen LogP contribution is -2.01. The van der Waals surface area contributed by atoms with E-state index in [2.05, 4.69) is 10.1 Å². The third-order valence-electron chi connectivity index (χ3n) is 4.21. The number of aromatic nitrogens is 2. The van der Waals surface area contributed by atoms with Crippen molar-refractivity contribution in [3.63, 3.8) is 0 Å². The van der Waals surface area contributed by atoms with Crippen molar-refractivity contribution in [3.05, 3.63) is 59.4 Å². The number of imidazole rings is 1. The average Bonchev–Trinajstić information content (AvgIpc) is 3.29. The number of nitrogens with zero attached hydrogens (tertiary/aromatic N) is 3. The number of rotatable bonds is 6. The van der Waals surface area contributed by atoms with E-state index in [-0.39, 0.29) is 6.79 Å². The Morgan fingerprint density at radius 1 is 1.21 bits per heavy atom. The fraction of sp³-hybridized carbons (Fsp3) is 0.200. The van der Waals surface area contributed by atoms with Gasteiger partial charge < -0.3 is 24.7 Å². The molecular weight excluding hydrogens is 360 g/mol. The number of nitrogens with two attached hydrogens (primary N) is 1. The molecule has 2 N–H and O–H groups in total. The largest absolute Gasteiger partial charge is 0.496 e. The molecule has 28 heavy (non-hydrogen) atoms.